The molecule has 0 spiro atoms. The highest BCUT2D eigenvalue weighted by molar-refractivity contribution is 5.55. The quantitative estimate of drug-likeness (QED) is 0.813. The molecule has 0 aliphatic carbocycles. The first-order valence-electron chi connectivity index (χ1n) is 5.96. The highest BCUT2D eigenvalue weighted by Crippen LogP contribution is 2.16. The standard InChI is InChI=1S/C15H23N/c1-11(2)15(10-16-5)9-14-7-12(3)6-13(4)8-14/h6-9,11,16H,10H2,1-5H3. The van der Waals surface area contributed by atoms with Crippen LogP contribution in [-0.4, -0.2) is 13.6 Å². The minimum absolute atomic E-state index is 0.591. The zero-order valence-corrected chi connectivity index (χ0v) is 11.1. The van der Waals surface area contributed by atoms with E-state index in [4.69, 9.17) is 0 Å². The van der Waals surface area contributed by atoms with Crippen molar-refractivity contribution in [2.24, 2.45) is 5.92 Å². The molecule has 0 amide bonds. The second-order valence-corrected chi connectivity index (χ2v) is 4.83. The number of rotatable bonds is 4. The van der Waals surface area contributed by atoms with Crippen molar-refractivity contribution in [3.8, 4) is 0 Å². The number of aryl methyl sites for hydroxylation is 2. The molecular weight excluding hydrogens is 194 g/mol. The molecule has 0 saturated carbocycles. The Morgan fingerprint density at radius 1 is 1.19 bits per heavy atom. The van der Waals surface area contributed by atoms with E-state index in [1.807, 2.05) is 7.05 Å². The van der Waals surface area contributed by atoms with Crippen LogP contribution >= 0.6 is 0 Å². The molecule has 0 radical (unpaired) electrons. The Morgan fingerprint density at radius 2 is 1.75 bits per heavy atom. The minimum Gasteiger partial charge on any atom is -0.316 e. The summed E-state index contributed by atoms with van der Waals surface area (Å²) in [6.45, 7) is 9.75. The zero-order chi connectivity index (χ0) is 12.1. The lowest BCUT2D eigenvalue weighted by molar-refractivity contribution is 0.713. The fraction of sp³-hybridized carbons (Fsp3) is 0.467. The second kappa shape index (κ2) is 5.86. The molecule has 0 unspecified atom stereocenters. The van der Waals surface area contributed by atoms with Crippen molar-refractivity contribution in [2.75, 3.05) is 13.6 Å². The first-order chi connectivity index (χ1) is 7.52. The van der Waals surface area contributed by atoms with Crippen molar-refractivity contribution in [1.82, 2.24) is 5.32 Å². The van der Waals surface area contributed by atoms with Crippen LogP contribution in [0.15, 0.2) is 23.8 Å². The van der Waals surface area contributed by atoms with Crippen molar-refractivity contribution in [3.05, 3.63) is 40.5 Å². The van der Waals surface area contributed by atoms with Crippen LogP contribution in [0.4, 0.5) is 0 Å². The van der Waals surface area contributed by atoms with Crippen LogP contribution in [0.1, 0.15) is 30.5 Å². The smallest absolute Gasteiger partial charge is 0.0167 e. The highest BCUT2D eigenvalue weighted by Gasteiger charge is 2.02. The van der Waals surface area contributed by atoms with Crippen LogP contribution in [0.2, 0.25) is 0 Å². The van der Waals surface area contributed by atoms with E-state index in [1.165, 1.54) is 22.3 Å². The summed E-state index contributed by atoms with van der Waals surface area (Å²) < 4.78 is 0. The molecule has 0 saturated heterocycles. The van der Waals surface area contributed by atoms with Gasteiger partial charge >= 0.3 is 0 Å². The first-order valence-corrected chi connectivity index (χ1v) is 5.96. The first kappa shape index (κ1) is 13.0. The van der Waals surface area contributed by atoms with Gasteiger partial charge in [0, 0.05) is 6.54 Å². The van der Waals surface area contributed by atoms with Crippen LogP contribution < -0.4 is 5.32 Å². The van der Waals surface area contributed by atoms with Gasteiger partial charge in [-0.1, -0.05) is 54.8 Å². The Labute approximate surface area is 99.6 Å². The molecule has 0 heterocycles. The van der Waals surface area contributed by atoms with E-state index in [2.05, 4.69) is 57.3 Å². The van der Waals surface area contributed by atoms with Crippen LogP contribution in [0.3, 0.4) is 0 Å². The fourth-order valence-corrected chi connectivity index (χ4v) is 1.93. The summed E-state index contributed by atoms with van der Waals surface area (Å²) >= 11 is 0. The largest absolute Gasteiger partial charge is 0.316 e. The number of benzene rings is 1. The summed E-state index contributed by atoms with van der Waals surface area (Å²) in [5, 5.41) is 3.23. The highest BCUT2D eigenvalue weighted by atomic mass is 14.8. The number of hydrogen-bond acceptors (Lipinski definition) is 1. The lowest BCUT2D eigenvalue weighted by Crippen LogP contribution is -2.13. The Morgan fingerprint density at radius 3 is 2.19 bits per heavy atom. The molecule has 1 nitrogen and oxygen atoms in total. The average molecular weight is 217 g/mol. The fourth-order valence-electron chi connectivity index (χ4n) is 1.93. The summed E-state index contributed by atoms with van der Waals surface area (Å²) in [7, 11) is 2.00. The van der Waals surface area contributed by atoms with E-state index in [0.29, 0.717) is 5.92 Å². The van der Waals surface area contributed by atoms with Crippen molar-refractivity contribution >= 4 is 6.08 Å². The van der Waals surface area contributed by atoms with E-state index in [-0.39, 0.29) is 0 Å². The zero-order valence-electron chi connectivity index (χ0n) is 11.1. The van der Waals surface area contributed by atoms with Gasteiger partial charge in [-0.2, -0.15) is 0 Å². The summed E-state index contributed by atoms with van der Waals surface area (Å²) in [5.74, 6) is 0.591. The normalized spacial score (nSPS) is 12.2. The molecule has 1 rings (SSSR count). The molecule has 0 aliphatic heterocycles. The third-order valence-corrected chi connectivity index (χ3v) is 2.72. The van der Waals surface area contributed by atoms with Crippen molar-refractivity contribution in [2.45, 2.75) is 27.7 Å². The van der Waals surface area contributed by atoms with Gasteiger partial charge in [-0.3, -0.25) is 0 Å². The monoisotopic (exact) mass is 217 g/mol. The Kier molecular flexibility index (Phi) is 4.75. The van der Waals surface area contributed by atoms with Gasteiger partial charge < -0.3 is 5.32 Å². The SMILES string of the molecule is CNCC(=Cc1cc(C)cc(C)c1)C(C)C. The second-order valence-electron chi connectivity index (χ2n) is 4.83. The summed E-state index contributed by atoms with van der Waals surface area (Å²) in [6, 6.07) is 6.69. The molecule has 1 aromatic rings. The van der Waals surface area contributed by atoms with Crippen molar-refractivity contribution in [1.29, 1.82) is 0 Å². The molecule has 0 aromatic heterocycles. The van der Waals surface area contributed by atoms with Crippen LogP contribution in [0, 0.1) is 19.8 Å². The molecule has 1 heteroatoms. The summed E-state index contributed by atoms with van der Waals surface area (Å²) in [6.07, 6.45) is 2.31. The van der Waals surface area contributed by atoms with Gasteiger partial charge in [-0.15, -0.1) is 0 Å². The van der Waals surface area contributed by atoms with Gasteiger partial charge in [0.2, 0.25) is 0 Å². The topological polar surface area (TPSA) is 12.0 Å². The van der Waals surface area contributed by atoms with Gasteiger partial charge in [0.25, 0.3) is 0 Å². The van der Waals surface area contributed by atoms with E-state index in [0.717, 1.165) is 6.54 Å². The van der Waals surface area contributed by atoms with Gasteiger partial charge in [0.15, 0.2) is 0 Å². The van der Waals surface area contributed by atoms with E-state index in [1.54, 1.807) is 0 Å². The Hall–Kier alpha value is -1.08. The maximum absolute atomic E-state index is 3.23. The van der Waals surface area contributed by atoms with E-state index >= 15 is 0 Å². The molecule has 1 aromatic carbocycles. The predicted molar refractivity (Wildman–Crippen MR) is 72.7 cm³/mol. The van der Waals surface area contributed by atoms with Crippen LogP contribution in [-0.2, 0) is 0 Å². The molecule has 88 valence electrons. The Bertz CT molecular complexity index is 355. The van der Waals surface area contributed by atoms with Gasteiger partial charge in [0.1, 0.15) is 0 Å². The van der Waals surface area contributed by atoms with E-state index in [9.17, 15) is 0 Å². The third-order valence-electron chi connectivity index (χ3n) is 2.72. The molecule has 0 atom stereocenters. The predicted octanol–water partition coefficient (Wildman–Crippen LogP) is 3.56. The van der Waals surface area contributed by atoms with Crippen molar-refractivity contribution in [3.63, 3.8) is 0 Å². The maximum atomic E-state index is 3.23. The third kappa shape index (κ3) is 3.82. The molecule has 0 fully saturated rings. The summed E-state index contributed by atoms with van der Waals surface area (Å²) in [5.41, 5.74) is 5.43. The van der Waals surface area contributed by atoms with Crippen LogP contribution in [0.25, 0.3) is 6.08 Å². The molecule has 0 aliphatic rings. The minimum atomic E-state index is 0.591. The lowest BCUT2D eigenvalue weighted by atomic mass is 9.98. The molecule has 0 bridgehead atoms. The van der Waals surface area contributed by atoms with Gasteiger partial charge in [-0.25, -0.2) is 0 Å². The van der Waals surface area contributed by atoms with Crippen molar-refractivity contribution < 1.29 is 0 Å². The van der Waals surface area contributed by atoms with Gasteiger partial charge in [0.05, 0.1) is 0 Å². The number of likely N-dealkylation sites (N-methyl/N-ethyl adjacent to an activating group) is 1. The number of hydrogen-bond donors (Lipinski definition) is 1. The molecular formula is C15H23N. The molecule has 1 N–H and O–H groups in total. The maximum Gasteiger partial charge on any atom is 0.0167 e. The summed E-state index contributed by atoms with van der Waals surface area (Å²) in [4.78, 5) is 0. The lowest BCUT2D eigenvalue weighted by Gasteiger charge is -2.11. The average Bonchev–Trinajstić information content (AvgIpc) is 2.15. The number of nitrogens with one attached hydrogen (secondary N) is 1. The molecule has 16 heavy (non-hydrogen) atoms. The van der Waals surface area contributed by atoms with E-state index < -0.39 is 0 Å². The van der Waals surface area contributed by atoms with Gasteiger partial charge in [-0.05, 0) is 32.4 Å². The van der Waals surface area contributed by atoms with Crippen LogP contribution in [0.5, 0.6) is 0 Å². The Balaban J connectivity index is 3.02.